The first-order valence-electron chi connectivity index (χ1n) is 7.61. The number of aromatic nitrogens is 1. The van der Waals surface area contributed by atoms with Crippen molar-refractivity contribution in [3.63, 3.8) is 0 Å². The number of nitrogens with two attached hydrogens (primary N) is 1. The Balaban J connectivity index is 1.88. The van der Waals surface area contributed by atoms with Crippen LogP contribution >= 0.6 is 11.3 Å². The monoisotopic (exact) mass is 311 g/mol. The van der Waals surface area contributed by atoms with Crippen LogP contribution in [-0.2, 0) is 11.2 Å². The lowest BCUT2D eigenvalue weighted by atomic mass is 9.83. The molecule has 1 aromatic heterocycles. The van der Waals surface area contributed by atoms with Gasteiger partial charge in [-0.25, -0.2) is 4.98 Å². The van der Waals surface area contributed by atoms with Crippen LogP contribution in [0.1, 0.15) is 47.6 Å². The number of nitrogens with one attached hydrogen (secondary N) is 1. The van der Waals surface area contributed by atoms with Gasteiger partial charge in [0.15, 0.2) is 0 Å². The summed E-state index contributed by atoms with van der Waals surface area (Å²) in [6, 6.07) is 0. The molecule has 0 aromatic carbocycles. The molecule has 5 nitrogen and oxygen atoms in total. The van der Waals surface area contributed by atoms with E-state index in [0.29, 0.717) is 12.2 Å². The van der Waals surface area contributed by atoms with Gasteiger partial charge in [0, 0.05) is 32.1 Å². The van der Waals surface area contributed by atoms with E-state index in [4.69, 9.17) is 10.5 Å². The van der Waals surface area contributed by atoms with Crippen molar-refractivity contribution < 1.29 is 9.53 Å². The Hall–Kier alpha value is -0.980. The zero-order valence-electron chi connectivity index (χ0n) is 12.7. The number of methoxy groups -OCH3 is 1. The molecule has 0 saturated heterocycles. The van der Waals surface area contributed by atoms with Crippen molar-refractivity contribution >= 4 is 17.2 Å². The fraction of sp³-hybridized carbons (Fsp3) is 0.733. The van der Waals surface area contributed by atoms with Crippen LogP contribution < -0.4 is 11.1 Å². The molecule has 2 rings (SSSR count). The average Bonchev–Trinajstić information content (AvgIpc) is 3.13. The van der Waals surface area contributed by atoms with Crippen molar-refractivity contribution in [2.24, 2.45) is 11.1 Å². The number of amides is 1. The second-order valence-electron chi connectivity index (χ2n) is 5.80. The second kappa shape index (κ2) is 7.87. The third kappa shape index (κ3) is 4.49. The number of nitrogens with zero attached hydrogens (tertiary/aromatic N) is 1. The number of hydrogen-bond acceptors (Lipinski definition) is 5. The predicted molar refractivity (Wildman–Crippen MR) is 84.6 cm³/mol. The molecule has 0 radical (unpaired) electrons. The Morgan fingerprint density at radius 3 is 2.95 bits per heavy atom. The van der Waals surface area contributed by atoms with Gasteiger partial charge in [-0.05, 0) is 31.2 Å². The van der Waals surface area contributed by atoms with E-state index in [1.807, 2.05) is 5.38 Å². The zero-order valence-corrected chi connectivity index (χ0v) is 13.5. The summed E-state index contributed by atoms with van der Waals surface area (Å²) in [5, 5.41) is 5.81. The smallest absolute Gasteiger partial charge is 0.270 e. The molecule has 1 fully saturated rings. The molecule has 3 N–H and O–H groups in total. The highest BCUT2D eigenvalue weighted by molar-refractivity contribution is 7.09. The van der Waals surface area contributed by atoms with Crippen LogP contribution in [0.3, 0.4) is 0 Å². The van der Waals surface area contributed by atoms with Crippen molar-refractivity contribution in [2.75, 3.05) is 26.8 Å². The fourth-order valence-electron chi connectivity index (χ4n) is 2.97. The highest BCUT2D eigenvalue weighted by Gasteiger charge is 2.33. The highest BCUT2D eigenvalue weighted by Crippen LogP contribution is 2.40. The lowest BCUT2D eigenvalue weighted by molar-refractivity contribution is 0.0899. The van der Waals surface area contributed by atoms with Crippen molar-refractivity contribution in [3.05, 3.63) is 16.1 Å². The summed E-state index contributed by atoms with van der Waals surface area (Å²) in [5.41, 5.74) is 6.23. The maximum Gasteiger partial charge on any atom is 0.270 e. The van der Waals surface area contributed by atoms with E-state index >= 15 is 0 Å². The topological polar surface area (TPSA) is 77.2 Å². The zero-order chi connectivity index (χ0) is 15.1. The van der Waals surface area contributed by atoms with Crippen molar-refractivity contribution in [1.29, 1.82) is 0 Å². The van der Waals surface area contributed by atoms with Crippen LogP contribution in [-0.4, -0.2) is 37.7 Å². The summed E-state index contributed by atoms with van der Waals surface area (Å²) in [5.74, 6) is -0.0711. The van der Waals surface area contributed by atoms with E-state index < -0.39 is 0 Å². The first-order valence-corrected chi connectivity index (χ1v) is 8.49. The summed E-state index contributed by atoms with van der Waals surface area (Å²) in [6.45, 7) is 2.04. The fourth-order valence-corrected chi connectivity index (χ4v) is 3.76. The molecule has 0 atom stereocenters. The van der Waals surface area contributed by atoms with Crippen LogP contribution in [0.2, 0.25) is 0 Å². The van der Waals surface area contributed by atoms with E-state index in [-0.39, 0.29) is 11.3 Å². The molecule has 1 heterocycles. The van der Waals surface area contributed by atoms with Gasteiger partial charge in [0.1, 0.15) is 5.69 Å². The van der Waals surface area contributed by atoms with Gasteiger partial charge in [-0.3, -0.25) is 4.79 Å². The molecule has 1 amide bonds. The maximum absolute atomic E-state index is 12.2. The number of thiazole rings is 1. The van der Waals surface area contributed by atoms with Crippen LogP contribution in [0.15, 0.2) is 5.38 Å². The molecular weight excluding hydrogens is 286 g/mol. The molecule has 0 aliphatic heterocycles. The molecule has 1 aliphatic rings. The van der Waals surface area contributed by atoms with E-state index in [9.17, 15) is 4.79 Å². The molecule has 0 spiro atoms. The van der Waals surface area contributed by atoms with Gasteiger partial charge in [-0.15, -0.1) is 11.3 Å². The van der Waals surface area contributed by atoms with Gasteiger partial charge >= 0.3 is 0 Å². The molecule has 6 heteroatoms. The second-order valence-corrected chi connectivity index (χ2v) is 6.74. The summed E-state index contributed by atoms with van der Waals surface area (Å²) >= 11 is 1.50. The lowest BCUT2D eigenvalue weighted by Gasteiger charge is -2.28. The molecule has 1 saturated carbocycles. The van der Waals surface area contributed by atoms with E-state index in [0.717, 1.165) is 31.0 Å². The van der Waals surface area contributed by atoms with Crippen LogP contribution in [0.25, 0.3) is 0 Å². The van der Waals surface area contributed by atoms with E-state index in [2.05, 4.69) is 10.3 Å². The summed E-state index contributed by atoms with van der Waals surface area (Å²) < 4.78 is 5.22. The lowest BCUT2D eigenvalue weighted by Crippen LogP contribution is -2.36. The Bertz CT molecular complexity index is 456. The van der Waals surface area contributed by atoms with Crippen molar-refractivity contribution in [3.8, 4) is 0 Å². The Kier molecular flexibility index (Phi) is 6.14. The minimum Gasteiger partial charge on any atom is -0.385 e. The minimum absolute atomic E-state index is 0.0711. The summed E-state index contributed by atoms with van der Waals surface area (Å²) in [7, 11) is 1.73. The van der Waals surface area contributed by atoms with Gasteiger partial charge in [0.05, 0.1) is 5.01 Å². The summed E-state index contributed by atoms with van der Waals surface area (Å²) in [4.78, 5) is 16.5. The van der Waals surface area contributed by atoms with Gasteiger partial charge < -0.3 is 15.8 Å². The Morgan fingerprint density at radius 1 is 1.52 bits per heavy atom. The highest BCUT2D eigenvalue weighted by atomic mass is 32.1. The molecule has 0 unspecified atom stereocenters. The van der Waals surface area contributed by atoms with Crippen molar-refractivity contribution in [2.45, 2.75) is 38.5 Å². The Labute approximate surface area is 130 Å². The Morgan fingerprint density at radius 2 is 2.29 bits per heavy atom. The van der Waals surface area contributed by atoms with E-state index in [1.165, 1.54) is 37.0 Å². The predicted octanol–water partition coefficient (Wildman–Crippen LogP) is 1.97. The standard InChI is InChI=1S/C15H25N3O2S/c1-20-9-7-15(5-2-3-6-15)11-17-14(19)12-10-21-13(18-12)4-8-16/h10H,2-9,11,16H2,1H3,(H,17,19). The SMILES string of the molecule is COCCC1(CNC(=O)c2csc(CCN)n2)CCCC1. The van der Waals surface area contributed by atoms with Gasteiger partial charge in [0.2, 0.25) is 0 Å². The van der Waals surface area contributed by atoms with Crippen LogP contribution in [0, 0.1) is 5.41 Å². The van der Waals surface area contributed by atoms with Gasteiger partial charge in [0.25, 0.3) is 5.91 Å². The largest absolute Gasteiger partial charge is 0.385 e. The van der Waals surface area contributed by atoms with Gasteiger partial charge in [-0.1, -0.05) is 12.8 Å². The van der Waals surface area contributed by atoms with Crippen LogP contribution in [0.4, 0.5) is 0 Å². The first-order chi connectivity index (χ1) is 10.2. The maximum atomic E-state index is 12.2. The average molecular weight is 311 g/mol. The third-order valence-electron chi connectivity index (χ3n) is 4.27. The normalized spacial score (nSPS) is 17.0. The number of carbonyl (C=O) groups excluding carboxylic acids is 1. The number of rotatable bonds is 8. The molecule has 21 heavy (non-hydrogen) atoms. The third-order valence-corrected chi connectivity index (χ3v) is 5.18. The molecule has 0 bridgehead atoms. The van der Waals surface area contributed by atoms with E-state index in [1.54, 1.807) is 7.11 Å². The molecule has 1 aliphatic carbocycles. The van der Waals surface area contributed by atoms with Gasteiger partial charge in [-0.2, -0.15) is 0 Å². The number of ether oxygens (including phenoxy) is 1. The molecular formula is C15H25N3O2S. The first kappa shape index (κ1) is 16.4. The van der Waals surface area contributed by atoms with Crippen molar-refractivity contribution in [1.82, 2.24) is 10.3 Å². The number of carbonyl (C=O) groups is 1. The molecule has 1 aromatic rings. The van der Waals surface area contributed by atoms with Crippen LogP contribution in [0.5, 0.6) is 0 Å². The quantitative estimate of drug-likeness (QED) is 0.769. The summed E-state index contributed by atoms with van der Waals surface area (Å²) in [6.07, 6.45) is 6.58. The molecule has 118 valence electrons. The number of hydrogen-bond donors (Lipinski definition) is 2. The minimum atomic E-state index is -0.0711.